The molecule has 2 heteroatoms. The van der Waals surface area contributed by atoms with Crippen LogP contribution < -0.4 is 5.32 Å². The van der Waals surface area contributed by atoms with Gasteiger partial charge in [-0.25, -0.2) is 0 Å². The maximum absolute atomic E-state index is 9.32. The second-order valence-corrected chi connectivity index (χ2v) is 4.13. The van der Waals surface area contributed by atoms with Crippen LogP contribution in [0.1, 0.15) is 59.3 Å². The van der Waals surface area contributed by atoms with E-state index >= 15 is 0 Å². The first kappa shape index (κ1) is 13.9. The Balaban J connectivity index is 3.61. The largest absolute Gasteiger partial charge is 0.394 e. The molecule has 0 aromatic heterocycles. The molecule has 0 aliphatic rings. The lowest BCUT2D eigenvalue weighted by atomic mass is 9.94. The zero-order valence-electron chi connectivity index (χ0n) is 10.1. The van der Waals surface area contributed by atoms with Gasteiger partial charge in [-0.2, -0.15) is 0 Å². The van der Waals surface area contributed by atoms with Crippen molar-refractivity contribution in [3.8, 4) is 0 Å². The van der Waals surface area contributed by atoms with Crippen molar-refractivity contribution >= 4 is 0 Å². The Bertz CT molecular complexity index is 113. The summed E-state index contributed by atoms with van der Waals surface area (Å²) < 4.78 is 0. The lowest BCUT2D eigenvalue weighted by Crippen LogP contribution is -2.47. The molecule has 2 N–H and O–H groups in total. The molecule has 0 saturated carbocycles. The van der Waals surface area contributed by atoms with E-state index in [9.17, 15) is 5.11 Å². The summed E-state index contributed by atoms with van der Waals surface area (Å²) in [7, 11) is 0. The molecule has 0 atom stereocenters. The van der Waals surface area contributed by atoms with Crippen molar-refractivity contribution in [3.63, 3.8) is 0 Å². The molecule has 2 nitrogen and oxygen atoms in total. The first-order chi connectivity index (χ1) is 6.74. The van der Waals surface area contributed by atoms with Gasteiger partial charge >= 0.3 is 0 Å². The number of rotatable bonds is 9. The zero-order valence-corrected chi connectivity index (χ0v) is 10.1. The summed E-state index contributed by atoms with van der Waals surface area (Å²) in [5, 5.41) is 12.8. The quantitative estimate of drug-likeness (QED) is 0.562. The molecule has 0 aliphatic carbocycles. The molecule has 0 heterocycles. The van der Waals surface area contributed by atoms with E-state index in [1.54, 1.807) is 0 Å². The maximum atomic E-state index is 9.32. The van der Waals surface area contributed by atoms with Gasteiger partial charge in [-0.05, 0) is 25.8 Å². The lowest BCUT2D eigenvalue weighted by Gasteiger charge is -2.31. The van der Waals surface area contributed by atoms with E-state index in [0.717, 1.165) is 19.4 Å². The number of hydrogen-bond acceptors (Lipinski definition) is 2. The third-order valence-electron chi connectivity index (χ3n) is 3.19. The average Bonchev–Trinajstić information content (AvgIpc) is 2.24. The van der Waals surface area contributed by atoms with Crippen LogP contribution in [0, 0.1) is 0 Å². The molecule has 0 spiro atoms. The van der Waals surface area contributed by atoms with Gasteiger partial charge in [0.25, 0.3) is 0 Å². The molecule has 0 bridgehead atoms. The smallest absolute Gasteiger partial charge is 0.0613 e. The van der Waals surface area contributed by atoms with Gasteiger partial charge in [-0.1, -0.05) is 40.0 Å². The third kappa shape index (κ3) is 4.97. The predicted octanol–water partition coefficient (Wildman–Crippen LogP) is 2.71. The van der Waals surface area contributed by atoms with Gasteiger partial charge in [-0.3, -0.25) is 0 Å². The minimum absolute atomic E-state index is 0.0216. The number of aliphatic hydroxyl groups is 1. The second-order valence-electron chi connectivity index (χ2n) is 4.13. The highest BCUT2D eigenvalue weighted by Crippen LogP contribution is 2.14. The fourth-order valence-electron chi connectivity index (χ4n) is 1.68. The van der Waals surface area contributed by atoms with E-state index in [0.29, 0.717) is 0 Å². The SMILES string of the molecule is CCCCCCNC(CC)(CC)CO. The van der Waals surface area contributed by atoms with Crippen LogP contribution in [0.15, 0.2) is 0 Å². The molecule has 0 aliphatic heterocycles. The van der Waals surface area contributed by atoms with Gasteiger partial charge < -0.3 is 10.4 Å². The molecule has 0 unspecified atom stereocenters. The fraction of sp³-hybridized carbons (Fsp3) is 1.00. The summed E-state index contributed by atoms with van der Waals surface area (Å²) in [6, 6.07) is 0. The van der Waals surface area contributed by atoms with E-state index in [2.05, 4.69) is 26.1 Å². The minimum atomic E-state index is -0.0216. The maximum Gasteiger partial charge on any atom is 0.0613 e. The molecule has 0 fully saturated rings. The Hall–Kier alpha value is -0.0800. The van der Waals surface area contributed by atoms with Crippen molar-refractivity contribution in [1.29, 1.82) is 0 Å². The van der Waals surface area contributed by atoms with Crippen LogP contribution in [0.5, 0.6) is 0 Å². The monoisotopic (exact) mass is 201 g/mol. The first-order valence-electron chi connectivity index (χ1n) is 6.10. The molecule has 0 aromatic carbocycles. The van der Waals surface area contributed by atoms with Crippen molar-refractivity contribution in [2.75, 3.05) is 13.2 Å². The molecule has 0 amide bonds. The van der Waals surface area contributed by atoms with Crippen molar-refractivity contribution in [1.82, 2.24) is 5.32 Å². The van der Waals surface area contributed by atoms with E-state index in [1.807, 2.05) is 0 Å². The van der Waals surface area contributed by atoms with Gasteiger partial charge in [0, 0.05) is 5.54 Å². The van der Waals surface area contributed by atoms with Crippen molar-refractivity contribution in [2.45, 2.75) is 64.8 Å². The van der Waals surface area contributed by atoms with Crippen LogP contribution in [-0.2, 0) is 0 Å². The second kappa shape index (κ2) is 8.25. The Morgan fingerprint density at radius 1 is 1.00 bits per heavy atom. The number of aliphatic hydroxyl groups excluding tert-OH is 1. The normalized spacial score (nSPS) is 12.0. The summed E-state index contributed by atoms with van der Waals surface area (Å²) in [6.07, 6.45) is 7.16. The summed E-state index contributed by atoms with van der Waals surface area (Å²) in [5.41, 5.74) is -0.0216. The fourth-order valence-corrected chi connectivity index (χ4v) is 1.68. The summed E-state index contributed by atoms with van der Waals surface area (Å²) >= 11 is 0. The molecule has 0 radical (unpaired) electrons. The van der Waals surface area contributed by atoms with E-state index in [1.165, 1.54) is 25.7 Å². The van der Waals surface area contributed by atoms with Gasteiger partial charge in [-0.15, -0.1) is 0 Å². The van der Waals surface area contributed by atoms with Crippen LogP contribution in [-0.4, -0.2) is 23.8 Å². The van der Waals surface area contributed by atoms with Gasteiger partial charge in [0.1, 0.15) is 0 Å². The third-order valence-corrected chi connectivity index (χ3v) is 3.19. The Kier molecular flexibility index (Phi) is 8.20. The number of unbranched alkanes of at least 4 members (excludes halogenated alkanes) is 3. The minimum Gasteiger partial charge on any atom is -0.394 e. The van der Waals surface area contributed by atoms with Gasteiger partial charge in [0.2, 0.25) is 0 Å². The Morgan fingerprint density at radius 2 is 1.64 bits per heavy atom. The Labute approximate surface area is 89.1 Å². The highest BCUT2D eigenvalue weighted by atomic mass is 16.3. The van der Waals surface area contributed by atoms with Crippen LogP contribution in [0.25, 0.3) is 0 Å². The predicted molar refractivity (Wildman–Crippen MR) is 62.5 cm³/mol. The summed E-state index contributed by atoms with van der Waals surface area (Å²) in [6.45, 7) is 7.80. The highest BCUT2D eigenvalue weighted by molar-refractivity contribution is 4.84. The van der Waals surface area contributed by atoms with Gasteiger partial charge in [0.15, 0.2) is 0 Å². The molecule has 0 saturated heterocycles. The van der Waals surface area contributed by atoms with E-state index in [4.69, 9.17) is 0 Å². The van der Waals surface area contributed by atoms with Crippen LogP contribution >= 0.6 is 0 Å². The first-order valence-corrected chi connectivity index (χ1v) is 6.10. The number of hydrogen-bond donors (Lipinski definition) is 2. The standard InChI is InChI=1S/C12H27NO/c1-4-7-8-9-10-13-12(5-2,6-3)11-14/h13-14H,4-11H2,1-3H3. The summed E-state index contributed by atoms with van der Waals surface area (Å²) in [4.78, 5) is 0. The average molecular weight is 201 g/mol. The van der Waals surface area contributed by atoms with Crippen LogP contribution in [0.3, 0.4) is 0 Å². The van der Waals surface area contributed by atoms with Crippen molar-refractivity contribution in [3.05, 3.63) is 0 Å². The highest BCUT2D eigenvalue weighted by Gasteiger charge is 2.23. The van der Waals surface area contributed by atoms with Crippen LogP contribution in [0.2, 0.25) is 0 Å². The summed E-state index contributed by atoms with van der Waals surface area (Å²) in [5.74, 6) is 0. The zero-order chi connectivity index (χ0) is 10.9. The Morgan fingerprint density at radius 3 is 2.07 bits per heavy atom. The van der Waals surface area contributed by atoms with Crippen molar-refractivity contribution in [2.24, 2.45) is 0 Å². The molecular formula is C12H27NO. The van der Waals surface area contributed by atoms with Gasteiger partial charge in [0.05, 0.1) is 6.61 Å². The van der Waals surface area contributed by atoms with E-state index < -0.39 is 0 Å². The van der Waals surface area contributed by atoms with Crippen molar-refractivity contribution < 1.29 is 5.11 Å². The molecular weight excluding hydrogens is 174 g/mol. The lowest BCUT2D eigenvalue weighted by molar-refractivity contribution is 0.150. The molecule has 86 valence electrons. The number of nitrogens with one attached hydrogen (secondary N) is 1. The van der Waals surface area contributed by atoms with E-state index in [-0.39, 0.29) is 12.1 Å². The molecule has 14 heavy (non-hydrogen) atoms. The topological polar surface area (TPSA) is 32.3 Å². The molecule has 0 rings (SSSR count). The van der Waals surface area contributed by atoms with Crippen LogP contribution in [0.4, 0.5) is 0 Å². The molecule has 0 aromatic rings.